The highest BCUT2D eigenvalue weighted by Crippen LogP contribution is 2.29. The first-order valence-corrected chi connectivity index (χ1v) is 9.70. The van der Waals surface area contributed by atoms with Crippen molar-refractivity contribution in [3.8, 4) is 0 Å². The van der Waals surface area contributed by atoms with E-state index in [1.54, 1.807) is 0 Å². The van der Waals surface area contributed by atoms with Crippen molar-refractivity contribution in [3.63, 3.8) is 0 Å². The number of ketones is 1. The smallest absolute Gasteiger partial charge is 0.142 e. The van der Waals surface area contributed by atoms with Crippen LogP contribution in [0.1, 0.15) is 28.2 Å². The fourth-order valence-corrected chi connectivity index (χ4v) is 4.08. The number of Topliss-reactive ketones (excluding diaryl/α,β-unsaturated/α-hetero) is 1. The van der Waals surface area contributed by atoms with Gasteiger partial charge in [0.05, 0.1) is 0 Å². The molecule has 0 radical (unpaired) electrons. The van der Waals surface area contributed by atoms with Gasteiger partial charge in [-0.2, -0.15) is 0 Å². The number of nitrogens with one attached hydrogen (secondary N) is 1. The molecule has 0 aromatic heterocycles. The van der Waals surface area contributed by atoms with Crippen molar-refractivity contribution >= 4 is 18.2 Å². The van der Waals surface area contributed by atoms with Gasteiger partial charge in [0.2, 0.25) is 0 Å². The Morgan fingerprint density at radius 2 is 1.43 bits per heavy atom. The fraction of sp³-hybridized carbons (Fsp3) is 0.240. The van der Waals surface area contributed by atoms with E-state index in [1.807, 2.05) is 12.1 Å². The molecule has 1 N–H and O–H groups in total. The van der Waals surface area contributed by atoms with Crippen LogP contribution in [0.15, 0.2) is 84.9 Å². The minimum Gasteiger partial charge on any atom is -0.315 e. The molecule has 2 atom stereocenters. The second-order valence-electron chi connectivity index (χ2n) is 7.41. The third-order valence-electron chi connectivity index (χ3n) is 5.48. The Kier molecular flexibility index (Phi) is 7.02. The molecule has 28 heavy (non-hydrogen) atoms. The van der Waals surface area contributed by atoms with Crippen molar-refractivity contribution in [2.24, 2.45) is 5.92 Å². The molecule has 1 heterocycles. The first-order chi connectivity index (χ1) is 13.3. The van der Waals surface area contributed by atoms with Gasteiger partial charge in [0.25, 0.3) is 0 Å². The van der Waals surface area contributed by atoms with E-state index in [2.05, 4.69) is 78.1 Å². The van der Waals surface area contributed by atoms with E-state index in [9.17, 15) is 4.79 Å². The van der Waals surface area contributed by atoms with Gasteiger partial charge >= 0.3 is 0 Å². The van der Waals surface area contributed by atoms with Gasteiger partial charge in [0, 0.05) is 31.3 Å². The van der Waals surface area contributed by atoms with E-state index < -0.39 is 0 Å². The fourth-order valence-electron chi connectivity index (χ4n) is 4.08. The second-order valence-corrected chi connectivity index (χ2v) is 7.41. The zero-order chi connectivity index (χ0) is 18.5. The Morgan fingerprint density at radius 1 is 0.786 bits per heavy atom. The van der Waals surface area contributed by atoms with Crippen LogP contribution in [0.5, 0.6) is 0 Å². The van der Waals surface area contributed by atoms with Gasteiger partial charge in [-0.1, -0.05) is 84.9 Å². The predicted octanol–water partition coefficient (Wildman–Crippen LogP) is 4.81. The molecule has 144 valence electrons. The van der Waals surface area contributed by atoms with Crippen LogP contribution >= 0.6 is 12.4 Å². The molecule has 1 aliphatic heterocycles. The first-order valence-electron chi connectivity index (χ1n) is 9.70. The predicted molar refractivity (Wildman–Crippen MR) is 117 cm³/mol. The maximum atomic E-state index is 13.0. The molecule has 0 aliphatic carbocycles. The number of carbonyl (C=O) groups excluding carboxylic acids is 1. The van der Waals surface area contributed by atoms with Crippen LogP contribution in [-0.2, 0) is 17.6 Å². The quantitative estimate of drug-likeness (QED) is 0.653. The van der Waals surface area contributed by atoms with Crippen LogP contribution in [0.25, 0.3) is 0 Å². The average Bonchev–Trinajstić information content (AvgIpc) is 3.20. The highest BCUT2D eigenvalue weighted by molar-refractivity contribution is 5.85. The van der Waals surface area contributed by atoms with Gasteiger partial charge in [-0.3, -0.25) is 4.79 Å². The van der Waals surface area contributed by atoms with E-state index in [4.69, 9.17) is 0 Å². The minimum absolute atomic E-state index is 0. The summed E-state index contributed by atoms with van der Waals surface area (Å²) in [6.45, 7) is 1.66. The zero-order valence-corrected chi connectivity index (χ0v) is 16.7. The molecule has 0 amide bonds. The SMILES string of the molecule is Cl.O=C(Cc1cccc(Cc2ccccc2)c1)[C@@H]1CNC[C@H]1c1ccccc1. The zero-order valence-electron chi connectivity index (χ0n) is 15.9. The van der Waals surface area contributed by atoms with E-state index >= 15 is 0 Å². The Bertz CT molecular complexity index is 895. The molecule has 1 saturated heterocycles. The molecule has 3 heteroatoms. The Morgan fingerprint density at radius 3 is 2.18 bits per heavy atom. The molecule has 3 aromatic rings. The lowest BCUT2D eigenvalue weighted by molar-refractivity contribution is -0.122. The largest absolute Gasteiger partial charge is 0.315 e. The van der Waals surface area contributed by atoms with Crippen molar-refractivity contribution in [1.29, 1.82) is 0 Å². The molecular formula is C25H26ClNO. The van der Waals surface area contributed by atoms with Crippen molar-refractivity contribution in [3.05, 3.63) is 107 Å². The van der Waals surface area contributed by atoms with Crippen LogP contribution in [0.3, 0.4) is 0 Å². The van der Waals surface area contributed by atoms with Crippen molar-refractivity contribution in [2.45, 2.75) is 18.8 Å². The van der Waals surface area contributed by atoms with E-state index in [-0.39, 0.29) is 24.2 Å². The summed E-state index contributed by atoms with van der Waals surface area (Å²) in [7, 11) is 0. The Hall–Kier alpha value is -2.42. The van der Waals surface area contributed by atoms with Crippen LogP contribution in [0.2, 0.25) is 0 Å². The van der Waals surface area contributed by atoms with Gasteiger partial charge in [0.15, 0.2) is 0 Å². The number of hydrogen-bond acceptors (Lipinski definition) is 2. The highest BCUT2D eigenvalue weighted by atomic mass is 35.5. The standard InChI is InChI=1S/C25H25NO.ClH/c27-25(24-18-26-17-23(24)22-12-5-2-6-13-22)16-21-11-7-10-20(15-21)14-19-8-3-1-4-9-19;/h1-13,15,23-24,26H,14,16-18H2;1H/t23-,24+;/m0./s1. The Balaban J connectivity index is 0.00000225. The molecule has 3 aromatic carbocycles. The molecule has 2 nitrogen and oxygen atoms in total. The number of halogens is 1. The lowest BCUT2D eigenvalue weighted by atomic mass is 9.84. The van der Waals surface area contributed by atoms with Crippen molar-refractivity contribution in [1.82, 2.24) is 5.32 Å². The van der Waals surface area contributed by atoms with Crippen molar-refractivity contribution in [2.75, 3.05) is 13.1 Å². The summed E-state index contributed by atoms with van der Waals surface area (Å²) in [5.74, 6) is 0.682. The molecule has 0 unspecified atom stereocenters. The van der Waals surface area contributed by atoms with Gasteiger partial charge < -0.3 is 5.32 Å². The van der Waals surface area contributed by atoms with Crippen LogP contribution in [-0.4, -0.2) is 18.9 Å². The monoisotopic (exact) mass is 391 g/mol. The normalized spacial score (nSPS) is 18.4. The summed E-state index contributed by atoms with van der Waals surface area (Å²) in [5.41, 5.74) is 4.94. The summed E-state index contributed by atoms with van der Waals surface area (Å²) >= 11 is 0. The summed E-state index contributed by atoms with van der Waals surface area (Å²) in [5, 5.41) is 3.41. The van der Waals surface area contributed by atoms with E-state index in [1.165, 1.54) is 16.7 Å². The van der Waals surface area contributed by atoms with Gasteiger partial charge in [0.1, 0.15) is 5.78 Å². The molecule has 1 fully saturated rings. The summed E-state index contributed by atoms with van der Waals surface area (Å²) in [6, 6.07) is 29.4. The summed E-state index contributed by atoms with van der Waals surface area (Å²) in [4.78, 5) is 13.0. The summed E-state index contributed by atoms with van der Waals surface area (Å²) < 4.78 is 0. The second kappa shape index (κ2) is 9.68. The lowest BCUT2D eigenvalue weighted by Gasteiger charge is -2.18. The van der Waals surface area contributed by atoms with Crippen molar-refractivity contribution < 1.29 is 4.79 Å². The third kappa shape index (κ3) is 4.89. The number of carbonyl (C=O) groups is 1. The third-order valence-corrected chi connectivity index (χ3v) is 5.48. The average molecular weight is 392 g/mol. The maximum absolute atomic E-state index is 13.0. The van der Waals surface area contributed by atoms with E-state index in [0.717, 1.165) is 25.1 Å². The molecule has 4 rings (SSSR count). The van der Waals surface area contributed by atoms with Crippen LogP contribution < -0.4 is 5.32 Å². The number of rotatable bonds is 6. The molecule has 0 spiro atoms. The minimum atomic E-state index is 0. The van der Waals surface area contributed by atoms with Gasteiger partial charge in [-0.15, -0.1) is 12.4 Å². The molecular weight excluding hydrogens is 366 g/mol. The highest BCUT2D eigenvalue weighted by Gasteiger charge is 2.33. The van der Waals surface area contributed by atoms with Gasteiger partial charge in [-0.25, -0.2) is 0 Å². The maximum Gasteiger partial charge on any atom is 0.142 e. The lowest BCUT2D eigenvalue weighted by Crippen LogP contribution is -2.23. The molecule has 0 bridgehead atoms. The molecule has 0 saturated carbocycles. The van der Waals surface area contributed by atoms with Gasteiger partial charge in [-0.05, 0) is 28.7 Å². The first kappa shape index (κ1) is 20.3. The van der Waals surface area contributed by atoms with Crippen LogP contribution in [0.4, 0.5) is 0 Å². The Labute approximate surface area is 173 Å². The van der Waals surface area contributed by atoms with E-state index in [0.29, 0.717) is 12.2 Å². The topological polar surface area (TPSA) is 29.1 Å². The summed E-state index contributed by atoms with van der Waals surface area (Å²) in [6.07, 6.45) is 1.42. The molecule has 1 aliphatic rings. The number of hydrogen-bond donors (Lipinski definition) is 1. The van der Waals surface area contributed by atoms with Crippen LogP contribution in [0, 0.1) is 5.92 Å². The number of benzene rings is 3.